The number of aromatic nitrogens is 2. The molecule has 0 atom stereocenters. The van der Waals surface area contributed by atoms with Crippen molar-refractivity contribution >= 4 is 24.2 Å². The molecule has 0 bridgehead atoms. The molecule has 0 aliphatic heterocycles. The number of carbonyl (C=O) groups excluding carboxylic acids is 1. The van der Waals surface area contributed by atoms with Gasteiger partial charge in [-0.25, -0.2) is 9.78 Å². The lowest BCUT2D eigenvalue weighted by molar-refractivity contribution is 0.0600. The summed E-state index contributed by atoms with van der Waals surface area (Å²) in [5, 5.41) is 0. The van der Waals surface area contributed by atoms with E-state index in [1.54, 1.807) is 18.3 Å². The van der Waals surface area contributed by atoms with Crippen molar-refractivity contribution in [2.75, 3.05) is 7.11 Å². The zero-order chi connectivity index (χ0) is 10.8. The fraction of sp³-hybridized carbons (Fsp3) is 0.200. The van der Waals surface area contributed by atoms with Gasteiger partial charge in [0.1, 0.15) is 5.65 Å². The monoisotopic (exact) mass is 222 g/mol. The molecular weight excluding hydrogens is 212 g/mol. The minimum atomic E-state index is -0.354. The van der Waals surface area contributed by atoms with Crippen molar-refractivity contribution in [1.29, 1.82) is 0 Å². The molecule has 15 heavy (non-hydrogen) atoms. The van der Waals surface area contributed by atoms with E-state index < -0.39 is 0 Å². The summed E-state index contributed by atoms with van der Waals surface area (Å²) in [5.41, 5.74) is 2.10. The van der Waals surface area contributed by atoms with E-state index in [1.165, 1.54) is 7.11 Å². The summed E-state index contributed by atoms with van der Waals surface area (Å²) in [4.78, 5) is 15.5. The number of fused-ring (bicyclic) bond motifs is 1. The maximum Gasteiger partial charge on any atom is 0.338 e. The topological polar surface area (TPSA) is 43.6 Å². The van der Waals surface area contributed by atoms with Crippen LogP contribution in [0.2, 0.25) is 0 Å². The molecule has 0 aliphatic rings. The molecule has 0 N–H and O–H groups in total. The number of methoxy groups -OCH3 is 1. The normalized spacial score (nSPS) is 10.5. The number of hydrogen-bond donors (Lipinski definition) is 1. The number of thiol groups is 1. The van der Waals surface area contributed by atoms with Gasteiger partial charge in [0.05, 0.1) is 18.4 Å². The zero-order valence-corrected chi connectivity index (χ0v) is 9.07. The Hall–Kier alpha value is -1.49. The van der Waals surface area contributed by atoms with Crippen LogP contribution in [-0.4, -0.2) is 22.5 Å². The Kier molecular flexibility index (Phi) is 2.64. The molecule has 0 unspecified atom stereocenters. The molecule has 0 saturated carbocycles. The van der Waals surface area contributed by atoms with Crippen LogP contribution in [0.25, 0.3) is 5.65 Å². The van der Waals surface area contributed by atoms with E-state index in [2.05, 4.69) is 22.3 Å². The highest BCUT2D eigenvalue weighted by Gasteiger charge is 2.07. The number of nitrogens with zero attached hydrogens (tertiary/aromatic N) is 2. The van der Waals surface area contributed by atoms with Crippen LogP contribution in [0, 0.1) is 0 Å². The van der Waals surface area contributed by atoms with E-state index in [1.807, 2.05) is 10.6 Å². The maximum atomic E-state index is 11.3. The predicted molar refractivity (Wildman–Crippen MR) is 59.2 cm³/mol. The predicted octanol–water partition coefficient (Wildman–Crippen LogP) is 1.55. The first-order valence-corrected chi connectivity index (χ1v) is 5.04. The molecule has 0 amide bonds. The van der Waals surface area contributed by atoms with Gasteiger partial charge in [0.2, 0.25) is 0 Å². The molecule has 78 valence electrons. The number of imidazole rings is 1. The average Bonchev–Trinajstić information content (AvgIpc) is 2.69. The lowest BCUT2D eigenvalue weighted by Crippen LogP contribution is -2.01. The summed E-state index contributed by atoms with van der Waals surface area (Å²) in [6, 6.07) is 3.39. The summed E-state index contributed by atoms with van der Waals surface area (Å²) in [6.45, 7) is 0. The van der Waals surface area contributed by atoms with Crippen LogP contribution in [0.15, 0.2) is 24.5 Å². The molecule has 2 aromatic heterocycles. The summed E-state index contributed by atoms with van der Waals surface area (Å²) >= 11 is 4.14. The van der Waals surface area contributed by atoms with Crippen molar-refractivity contribution in [3.8, 4) is 0 Å². The van der Waals surface area contributed by atoms with Gasteiger partial charge in [0.15, 0.2) is 0 Å². The van der Waals surface area contributed by atoms with Crippen LogP contribution >= 0.6 is 12.6 Å². The highest BCUT2D eigenvalue weighted by atomic mass is 32.1. The van der Waals surface area contributed by atoms with Crippen LogP contribution < -0.4 is 0 Å². The molecule has 2 rings (SSSR count). The second kappa shape index (κ2) is 3.94. The molecule has 0 radical (unpaired) electrons. The van der Waals surface area contributed by atoms with Crippen molar-refractivity contribution in [2.45, 2.75) is 5.75 Å². The van der Waals surface area contributed by atoms with Crippen LogP contribution in [0.1, 0.15) is 16.1 Å². The van der Waals surface area contributed by atoms with E-state index in [9.17, 15) is 4.79 Å². The van der Waals surface area contributed by atoms with Gasteiger partial charge >= 0.3 is 5.97 Å². The van der Waals surface area contributed by atoms with Gasteiger partial charge in [-0.05, 0) is 12.1 Å². The Morgan fingerprint density at radius 1 is 1.67 bits per heavy atom. The Morgan fingerprint density at radius 2 is 2.47 bits per heavy atom. The summed E-state index contributed by atoms with van der Waals surface area (Å²) < 4.78 is 6.47. The second-order valence-corrected chi connectivity index (χ2v) is 3.38. The first-order chi connectivity index (χ1) is 7.24. The number of hydrogen-bond acceptors (Lipinski definition) is 4. The number of rotatable bonds is 2. The molecule has 5 heteroatoms. The average molecular weight is 222 g/mol. The lowest BCUT2D eigenvalue weighted by Gasteiger charge is -1.98. The minimum Gasteiger partial charge on any atom is -0.465 e. The van der Waals surface area contributed by atoms with Gasteiger partial charge in [-0.1, -0.05) is 0 Å². The molecule has 0 fully saturated rings. The first-order valence-electron chi connectivity index (χ1n) is 4.41. The van der Waals surface area contributed by atoms with E-state index in [4.69, 9.17) is 0 Å². The van der Waals surface area contributed by atoms with Crippen molar-refractivity contribution in [3.05, 3.63) is 35.8 Å². The van der Waals surface area contributed by atoms with Crippen LogP contribution in [-0.2, 0) is 10.5 Å². The highest BCUT2D eigenvalue weighted by molar-refractivity contribution is 7.79. The van der Waals surface area contributed by atoms with Gasteiger partial charge < -0.3 is 9.14 Å². The number of ether oxygens (including phenoxy) is 1. The maximum absolute atomic E-state index is 11.3. The quantitative estimate of drug-likeness (QED) is 0.619. The number of pyridine rings is 1. The van der Waals surface area contributed by atoms with Gasteiger partial charge in [-0.15, -0.1) is 0 Å². The Balaban J connectivity index is 2.50. The van der Waals surface area contributed by atoms with Crippen molar-refractivity contribution in [1.82, 2.24) is 9.38 Å². The third-order valence-electron chi connectivity index (χ3n) is 2.09. The fourth-order valence-corrected chi connectivity index (χ4v) is 1.51. The van der Waals surface area contributed by atoms with Gasteiger partial charge in [-0.2, -0.15) is 12.6 Å². The molecule has 0 aliphatic carbocycles. The largest absolute Gasteiger partial charge is 0.465 e. The second-order valence-electron chi connectivity index (χ2n) is 3.06. The van der Waals surface area contributed by atoms with Crippen molar-refractivity contribution < 1.29 is 9.53 Å². The lowest BCUT2D eigenvalue weighted by atomic mass is 10.3. The minimum absolute atomic E-state index is 0.354. The van der Waals surface area contributed by atoms with Crippen LogP contribution in [0.5, 0.6) is 0 Å². The van der Waals surface area contributed by atoms with Gasteiger partial charge in [-0.3, -0.25) is 0 Å². The van der Waals surface area contributed by atoms with Gasteiger partial charge in [0, 0.05) is 18.1 Å². The van der Waals surface area contributed by atoms with Crippen LogP contribution in [0.3, 0.4) is 0 Å². The molecule has 0 saturated heterocycles. The zero-order valence-electron chi connectivity index (χ0n) is 8.17. The first kappa shape index (κ1) is 10.0. The Bertz CT molecular complexity index is 507. The third-order valence-corrected chi connectivity index (χ3v) is 2.42. The Labute approximate surface area is 92.3 Å². The third kappa shape index (κ3) is 1.83. The SMILES string of the molecule is COC(=O)c1ccn2cc(CS)nc2c1. The number of esters is 1. The standard InChI is InChI=1S/C10H10N2O2S/c1-14-10(13)7-2-3-12-5-8(6-15)11-9(12)4-7/h2-5,15H,6H2,1H3. The van der Waals surface area contributed by atoms with Gasteiger partial charge in [0.25, 0.3) is 0 Å². The molecule has 0 aromatic carbocycles. The molecule has 2 heterocycles. The summed E-state index contributed by atoms with van der Waals surface area (Å²) in [6.07, 6.45) is 3.66. The van der Waals surface area contributed by atoms with E-state index in [0.717, 1.165) is 11.3 Å². The number of carbonyl (C=O) groups is 1. The fourth-order valence-electron chi connectivity index (χ4n) is 1.36. The van der Waals surface area contributed by atoms with E-state index in [0.29, 0.717) is 11.3 Å². The molecule has 2 aromatic rings. The molecule has 4 nitrogen and oxygen atoms in total. The highest BCUT2D eigenvalue weighted by Crippen LogP contribution is 2.10. The van der Waals surface area contributed by atoms with Crippen LogP contribution in [0.4, 0.5) is 0 Å². The van der Waals surface area contributed by atoms with Crippen molar-refractivity contribution in [2.24, 2.45) is 0 Å². The van der Waals surface area contributed by atoms with E-state index >= 15 is 0 Å². The summed E-state index contributed by atoms with van der Waals surface area (Å²) in [5.74, 6) is 0.225. The van der Waals surface area contributed by atoms with E-state index in [-0.39, 0.29) is 5.97 Å². The summed E-state index contributed by atoms with van der Waals surface area (Å²) in [7, 11) is 1.36. The Morgan fingerprint density at radius 3 is 3.13 bits per heavy atom. The smallest absolute Gasteiger partial charge is 0.338 e. The molecular formula is C10H10N2O2S. The molecule has 0 spiro atoms. The van der Waals surface area contributed by atoms with Crippen molar-refractivity contribution in [3.63, 3.8) is 0 Å².